The lowest BCUT2D eigenvalue weighted by Gasteiger charge is -2.07. The largest absolute Gasteiger partial charge is 0.465 e. The van der Waals surface area contributed by atoms with Gasteiger partial charge in [0.15, 0.2) is 0 Å². The number of rotatable bonds is 4. The van der Waals surface area contributed by atoms with E-state index in [0.29, 0.717) is 0 Å². The molecule has 0 atom stereocenters. The molecule has 8 heteroatoms. The lowest BCUT2D eigenvalue weighted by atomic mass is 10.2. The number of nitro groups is 1. The highest BCUT2D eigenvalue weighted by molar-refractivity contribution is 6.33. The molecule has 23 heavy (non-hydrogen) atoms. The highest BCUT2D eigenvalue weighted by atomic mass is 35.5. The van der Waals surface area contributed by atoms with Crippen LogP contribution in [0.1, 0.15) is 20.7 Å². The van der Waals surface area contributed by atoms with Crippen molar-refractivity contribution in [1.82, 2.24) is 0 Å². The summed E-state index contributed by atoms with van der Waals surface area (Å²) >= 11 is 5.86. The van der Waals surface area contributed by atoms with E-state index in [1.807, 2.05) is 0 Å². The number of halogens is 1. The van der Waals surface area contributed by atoms with Gasteiger partial charge in [-0.25, -0.2) is 9.59 Å². The Balaban J connectivity index is 2.22. The second-order valence-corrected chi connectivity index (χ2v) is 4.74. The molecule has 0 fully saturated rings. The van der Waals surface area contributed by atoms with Crippen molar-refractivity contribution in [3.8, 4) is 5.75 Å². The van der Waals surface area contributed by atoms with Crippen molar-refractivity contribution in [1.29, 1.82) is 0 Å². The first kappa shape index (κ1) is 16.4. The van der Waals surface area contributed by atoms with Crippen LogP contribution in [-0.4, -0.2) is 24.0 Å². The minimum Gasteiger partial charge on any atom is -0.465 e. The monoisotopic (exact) mass is 335 g/mol. The molecule has 7 nitrogen and oxygen atoms in total. The fraction of sp³-hybridized carbons (Fsp3) is 0.0667. The number of carbonyl (C=O) groups excluding carboxylic acids is 2. The molecule has 0 saturated heterocycles. The number of hydrogen-bond donors (Lipinski definition) is 0. The van der Waals surface area contributed by atoms with Gasteiger partial charge in [0.2, 0.25) is 0 Å². The average molecular weight is 336 g/mol. The Hall–Kier alpha value is -2.93. The standard InChI is InChI=1S/C15H10ClNO6/c1-22-14(18)9-3-2-4-11(7-9)23-15(19)12-6-5-10(17(20)21)8-13(12)16/h2-8H,1H3. The minimum absolute atomic E-state index is 0.0271. The lowest BCUT2D eigenvalue weighted by Crippen LogP contribution is -2.10. The zero-order valence-corrected chi connectivity index (χ0v) is 12.6. The summed E-state index contributed by atoms with van der Waals surface area (Å²) in [4.78, 5) is 33.5. The van der Waals surface area contributed by atoms with Crippen molar-refractivity contribution in [3.63, 3.8) is 0 Å². The summed E-state index contributed by atoms with van der Waals surface area (Å²) in [5.74, 6) is -1.25. The Bertz CT molecular complexity index is 789. The molecule has 2 aromatic rings. The van der Waals surface area contributed by atoms with Crippen LogP contribution in [0.25, 0.3) is 0 Å². The number of esters is 2. The third kappa shape index (κ3) is 3.83. The first-order chi connectivity index (χ1) is 10.9. The van der Waals surface area contributed by atoms with Crippen molar-refractivity contribution < 1.29 is 24.0 Å². The Morgan fingerprint density at radius 2 is 1.87 bits per heavy atom. The SMILES string of the molecule is COC(=O)c1cccc(OC(=O)c2ccc([N+](=O)[O-])cc2Cl)c1. The molecule has 0 aliphatic carbocycles. The predicted molar refractivity (Wildman–Crippen MR) is 80.8 cm³/mol. The number of nitro benzene ring substituents is 1. The Kier molecular flexibility index (Phi) is 4.92. The van der Waals surface area contributed by atoms with Crippen molar-refractivity contribution in [2.24, 2.45) is 0 Å². The molecule has 0 bridgehead atoms. The normalized spacial score (nSPS) is 10.0. The van der Waals surface area contributed by atoms with Crippen LogP contribution in [0.5, 0.6) is 5.75 Å². The predicted octanol–water partition coefficient (Wildman–Crippen LogP) is 3.25. The van der Waals surface area contributed by atoms with Crippen molar-refractivity contribution in [3.05, 3.63) is 68.7 Å². The zero-order chi connectivity index (χ0) is 17.0. The summed E-state index contributed by atoms with van der Waals surface area (Å²) in [6.07, 6.45) is 0. The van der Waals surface area contributed by atoms with E-state index in [9.17, 15) is 19.7 Å². The molecular formula is C15H10ClNO6. The Morgan fingerprint density at radius 3 is 2.48 bits per heavy atom. The van der Waals surface area contributed by atoms with Crippen LogP contribution in [0.2, 0.25) is 5.02 Å². The molecule has 0 aliphatic heterocycles. The van der Waals surface area contributed by atoms with E-state index in [2.05, 4.69) is 4.74 Å². The van der Waals surface area contributed by atoms with Crippen LogP contribution in [0.4, 0.5) is 5.69 Å². The molecule has 2 rings (SSSR count). The molecule has 0 spiro atoms. The van der Waals surface area contributed by atoms with E-state index < -0.39 is 16.9 Å². The summed E-state index contributed by atoms with van der Waals surface area (Å²) in [5.41, 5.74) is -0.0485. The topological polar surface area (TPSA) is 95.7 Å². The zero-order valence-electron chi connectivity index (χ0n) is 11.8. The van der Waals surface area contributed by atoms with Crippen molar-refractivity contribution in [2.75, 3.05) is 7.11 Å². The quantitative estimate of drug-likeness (QED) is 0.368. The molecule has 0 unspecified atom stereocenters. The Morgan fingerprint density at radius 1 is 1.13 bits per heavy atom. The van der Waals surface area contributed by atoms with E-state index in [-0.39, 0.29) is 27.6 Å². The maximum Gasteiger partial charge on any atom is 0.345 e. The highest BCUT2D eigenvalue weighted by Crippen LogP contribution is 2.24. The lowest BCUT2D eigenvalue weighted by molar-refractivity contribution is -0.384. The maximum absolute atomic E-state index is 12.1. The van der Waals surface area contributed by atoms with Gasteiger partial charge in [0.25, 0.3) is 5.69 Å². The molecule has 0 amide bonds. The molecular weight excluding hydrogens is 326 g/mol. The van der Waals surface area contributed by atoms with E-state index in [1.54, 1.807) is 0 Å². The van der Waals surface area contributed by atoms with Crippen LogP contribution in [0.15, 0.2) is 42.5 Å². The third-order valence-electron chi connectivity index (χ3n) is 2.85. The summed E-state index contributed by atoms with van der Waals surface area (Å²) in [6.45, 7) is 0. The summed E-state index contributed by atoms with van der Waals surface area (Å²) < 4.78 is 9.69. The molecule has 0 saturated carbocycles. The highest BCUT2D eigenvalue weighted by Gasteiger charge is 2.17. The number of benzene rings is 2. The van der Waals surface area contributed by atoms with Crippen molar-refractivity contribution in [2.45, 2.75) is 0 Å². The third-order valence-corrected chi connectivity index (χ3v) is 3.16. The minimum atomic E-state index is -0.799. The van der Waals surface area contributed by atoms with Gasteiger partial charge < -0.3 is 9.47 Å². The van der Waals surface area contributed by atoms with Gasteiger partial charge >= 0.3 is 11.9 Å². The van der Waals surface area contributed by atoms with E-state index in [1.165, 1.54) is 37.4 Å². The number of ether oxygens (including phenoxy) is 2. The number of non-ortho nitro benzene ring substituents is 1. The fourth-order valence-corrected chi connectivity index (χ4v) is 2.00. The van der Waals surface area contributed by atoms with Gasteiger partial charge in [-0.15, -0.1) is 0 Å². The smallest absolute Gasteiger partial charge is 0.345 e. The van der Waals surface area contributed by atoms with Gasteiger partial charge in [-0.05, 0) is 24.3 Å². The first-order valence-electron chi connectivity index (χ1n) is 6.27. The first-order valence-corrected chi connectivity index (χ1v) is 6.64. The maximum atomic E-state index is 12.1. The van der Waals surface area contributed by atoms with Gasteiger partial charge in [0.05, 0.1) is 28.2 Å². The van der Waals surface area contributed by atoms with E-state index in [4.69, 9.17) is 16.3 Å². The van der Waals surface area contributed by atoms with E-state index >= 15 is 0 Å². The second-order valence-electron chi connectivity index (χ2n) is 4.33. The number of nitrogens with zero attached hydrogens (tertiary/aromatic N) is 1. The number of hydrogen-bond acceptors (Lipinski definition) is 6. The van der Waals surface area contributed by atoms with Crippen LogP contribution >= 0.6 is 11.6 Å². The van der Waals surface area contributed by atoms with Crippen molar-refractivity contribution >= 4 is 29.2 Å². The van der Waals surface area contributed by atoms with Gasteiger partial charge in [0, 0.05) is 12.1 Å². The van der Waals surface area contributed by atoms with Gasteiger partial charge in [-0.2, -0.15) is 0 Å². The van der Waals surface area contributed by atoms with Crippen LogP contribution in [0.3, 0.4) is 0 Å². The summed E-state index contributed by atoms with van der Waals surface area (Å²) in [6, 6.07) is 9.24. The molecule has 0 radical (unpaired) electrons. The second kappa shape index (κ2) is 6.89. The van der Waals surface area contributed by atoms with E-state index in [0.717, 1.165) is 12.1 Å². The number of carbonyl (C=O) groups is 2. The average Bonchev–Trinajstić information content (AvgIpc) is 2.53. The van der Waals surface area contributed by atoms with Crippen LogP contribution in [-0.2, 0) is 4.74 Å². The molecule has 118 valence electrons. The summed E-state index contributed by atoms with van der Waals surface area (Å²) in [5, 5.41) is 10.5. The Labute approximate surface area is 135 Å². The fourth-order valence-electron chi connectivity index (χ4n) is 1.75. The van der Waals surface area contributed by atoms with Crippen LogP contribution < -0.4 is 4.74 Å². The molecule has 2 aromatic carbocycles. The summed E-state index contributed by atoms with van der Waals surface area (Å²) in [7, 11) is 1.23. The molecule has 0 N–H and O–H groups in total. The van der Waals surface area contributed by atoms with Gasteiger partial charge in [-0.3, -0.25) is 10.1 Å². The molecule has 0 aromatic heterocycles. The van der Waals surface area contributed by atoms with Gasteiger partial charge in [-0.1, -0.05) is 17.7 Å². The number of methoxy groups -OCH3 is 1. The molecule has 0 aliphatic rings. The molecule has 0 heterocycles. The van der Waals surface area contributed by atoms with Gasteiger partial charge in [0.1, 0.15) is 5.75 Å². The van der Waals surface area contributed by atoms with Crippen LogP contribution in [0, 0.1) is 10.1 Å².